The van der Waals surface area contributed by atoms with E-state index in [1.165, 1.54) is 23.3 Å². The zero-order valence-electron chi connectivity index (χ0n) is 98.2. The molecule has 0 aromatic carbocycles. The van der Waals surface area contributed by atoms with Crippen molar-refractivity contribution in [1.82, 2.24) is 97.8 Å². The van der Waals surface area contributed by atoms with Crippen LogP contribution in [0.4, 0.5) is 0 Å². The molecule has 2 aliphatic heterocycles. The van der Waals surface area contributed by atoms with Gasteiger partial charge in [0.05, 0.1) is 29.1 Å². The molecule has 19 N–H and O–H groups in total. The van der Waals surface area contributed by atoms with Crippen molar-refractivity contribution in [3.63, 3.8) is 0 Å². The number of aromatic amines is 7. The summed E-state index contributed by atoms with van der Waals surface area (Å²) in [6.45, 7) is 106. The molecule has 0 unspecified atom stereocenters. The highest BCUT2D eigenvalue weighted by Gasteiger charge is 2.15. The number of dihydropyridines is 1. The number of carbonyl (C=O) groups is 5. The zero-order chi connectivity index (χ0) is 113. The number of nitrogens with two attached hydrogens (primary N) is 4. The van der Waals surface area contributed by atoms with Crippen LogP contribution in [0.15, 0.2) is 116 Å². The molecule has 6 aromatic heterocycles. The lowest BCUT2D eigenvalue weighted by Crippen LogP contribution is -2.33. The van der Waals surface area contributed by atoms with E-state index in [-0.39, 0.29) is 76.8 Å². The molecule has 0 aliphatic carbocycles. The Hall–Kier alpha value is -11.1. The van der Waals surface area contributed by atoms with E-state index in [1.807, 2.05) is 217 Å². The number of allylic oxidation sites excluding steroid dienone is 5. The molecule has 0 radical (unpaired) electrons. The summed E-state index contributed by atoms with van der Waals surface area (Å²) in [5.41, 5.74) is 25.2. The SMILES string of the molecule is C=C1C=CC=CN1.CC(C)/C=C(\O)C(C)C.CC(C)C.CC(C)C.CC(C)C(N)=O.CC(C)C(N)=O.CC(C)C1=NN=NC1.CC(C)CC(=O)C(C)C.CC(C)N=C(N)C(C)C.CC(C)N=C(N)C(C)C.CC(C)NC(=O)C(C)C.CC(C)NC(=O)C(C)C.CC(C)c1c[nH+]c(C(C)C)[nH]1.CC(C)c1cnc(C(C)C)[nH]1.CC(C)c1nn[nH]n1.CC(C)c1nn[nH]n1.CC(C)c1nn[nH]n1.O=c1cccc[nH]1. The van der Waals surface area contributed by atoms with Crippen LogP contribution in [0.1, 0.15) is 435 Å². The minimum atomic E-state index is -0.241. The number of primary amides is 2. The molecule has 6 aromatic rings. The van der Waals surface area contributed by atoms with Crippen molar-refractivity contribution < 1.29 is 34.1 Å². The second-order valence-corrected chi connectivity index (χ2v) is 41.7. The fourth-order valence-electron chi connectivity index (χ4n) is 7.48. The number of imidazole rings is 2. The maximum absolute atomic E-state index is 11.0. The smallest absolute Gasteiger partial charge is 0.254 e. The van der Waals surface area contributed by atoms with E-state index in [2.05, 4.69) is 279 Å². The molecule has 0 atom stereocenters. The average Bonchev–Trinajstić information content (AvgIpc) is 1.75. The van der Waals surface area contributed by atoms with Gasteiger partial charge in [-0.05, 0) is 120 Å². The van der Waals surface area contributed by atoms with Gasteiger partial charge in [-0.15, -0.1) is 35.7 Å². The van der Waals surface area contributed by atoms with Crippen LogP contribution in [-0.2, 0) is 24.0 Å². The van der Waals surface area contributed by atoms with E-state index in [0.717, 1.165) is 64.6 Å². The molecule has 820 valence electrons. The topological polar surface area (TPSA) is 562 Å². The number of pyridine rings is 1. The van der Waals surface area contributed by atoms with Gasteiger partial charge in [0.2, 0.25) is 29.2 Å². The third-order valence-electron chi connectivity index (χ3n) is 16.3. The first kappa shape index (κ1) is 151. The number of aliphatic hydroxyl groups excluding tert-OH is 1. The molecule has 2 aliphatic rings. The highest BCUT2D eigenvalue weighted by molar-refractivity contribution is 5.88. The lowest BCUT2D eigenvalue weighted by molar-refractivity contribution is -0.390. The van der Waals surface area contributed by atoms with Gasteiger partial charge in [-0.2, -0.15) is 20.8 Å². The molecule has 0 bridgehead atoms. The number of nitrogens with one attached hydrogen (secondary N) is 10. The molecule has 8 heterocycles. The third-order valence-corrected chi connectivity index (χ3v) is 16.3. The number of hydrogen-bond acceptors (Lipinski definition) is 23. The van der Waals surface area contributed by atoms with Crippen LogP contribution in [0.5, 0.6) is 0 Å². The summed E-state index contributed by atoms with van der Waals surface area (Å²) in [4.78, 5) is 87.7. The first-order valence-corrected chi connectivity index (χ1v) is 50.7. The molecule has 36 heteroatoms. The van der Waals surface area contributed by atoms with E-state index in [1.54, 1.807) is 46.0 Å². The van der Waals surface area contributed by atoms with Gasteiger partial charge in [-0.1, -0.05) is 325 Å². The third kappa shape index (κ3) is 109. The van der Waals surface area contributed by atoms with Crippen molar-refractivity contribution in [2.45, 2.75) is 418 Å². The highest BCUT2D eigenvalue weighted by Crippen LogP contribution is 2.17. The second kappa shape index (κ2) is 92.3. The molecular formula is C106H210N29O7+. The molecule has 4 amide bonds. The normalized spacial score (nSPS) is 11.6. The number of aromatic nitrogens is 17. The van der Waals surface area contributed by atoms with Crippen molar-refractivity contribution in [1.29, 1.82) is 0 Å². The maximum atomic E-state index is 11.0. The lowest BCUT2D eigenvalue weighted by atomic mass is 9.99. The standard InChI is InChI=1S/2C9H16N2.2C8H16O.2C7H16N2.2C7H15NO.C6H7N.C5H9N3.C5H5NO.3C4H8N4.2C4H9NO.2C4H10/c2*1-6(2)8-5-10-9(11-8)7(3)4;2*1-6(2)5-8(9)7(3)4;2*1-5(2)7(8)9-6(3)4;2*1-5(2)7(9)8-6(3)4;1-6-4-2-3-5-7-6;1-4(2)5-3-6-8-7-5;7-5-3-1-2-4-6-5;3*1-3(2)4-5-7-8-6-4;2*1-3(2)4(5)6;2*1-4(2)3/h2*5-7H,1-4H3,(H,10,11);6-7H,5H2,1-4H3;5-7,9H,1-4H3;2*5-6H,1-4H3,(H2,8,9);2*5-6H,1-4H3,(H,8,9);2-5,7H,1H2;4H,3H2,1-2H3;1-4H,(H,6,7);3*3H,1-2H3,(H,5,6,7,8);2*3H,1-2H3,(H2,5,6);2*4H,1-3H3/p+1/b;;;8-5-;;;;;;;;;;;;;;. The van der Waals surface area contributed by atoms with Gasteiger partial charge < -0.3 is 54.0 Å². The molecule has 0 saturated heterocycles. The molecule has 0 fully saturated rings. The van der Waals surface area contributed by atoms with Gasteiger partial charge in [-0.3, -0.25) is 38.8 Å². The number of amides is 4. The number of tetrazole rings is 3. The number of carbonyl (C=O) groups excluding carboxylic acids is 5. The summed E-state index contributed by atoms with van der Waals surface area (Å²) < 4.78 is 0. The Kier molecular flexibility index (Phi) is 98.2. The predicted molar refractivity (Wildman–Crippen MR) is 595 cm³/mol. The fraction of sp³-hybridized carbons (Fsp3) is 0.717. The predicted octanol–water partition coefficient (Wildman–Crippen LogP) is 22.4. The number of amidine groups is 2. The summed E-state index contributed by atoms with van der Waals surface area (Å²) in [5.74, 6) is 14.7. The van der Waals surface area contributed by atoms with Crippen molar-refractivity contribution in [2.24, 2.45) is 125 Å². The monoisotopic (exact) mass is 2000 g/mol. The minimum absolute atomic E-state index is 0.00926. The molecule has 8 rings (SSSR count). The van der Waals surface area contributed by atoms with Gasteiger partial charge in [0.15, 0.2) is 17.5 Å². The largest absolute Gasteiger partial charge is 0.512 e. The number of aliphatic imine (C=N–C) groups is 2. The number of nitrogens with zero attached hydrogens (tertiary/aromatic N) is 15. The van der Waals surface area contributed by atoms with Gasteiger partial charge in [0.1, 0.15) is 30.0 Å². The van der Waals surface area contributed by atoms with Gasteiger partial charge >= 0.3 is 0 Å². The Morgan fingerprint density at radius 3 is 0.979 bits per heavy atom. The summed E-state index contributed by atoms with van der Waals surface area (Å²) in [7, 11) is 0. The van der Waals surface area contributed by atoms with Crippen LogP contribution in [-0.4, -0.2) is 164 Å². The van der Waals surface area contributed by atoms with Crippen molar-refractivity contribution >= 4 is 46.8 Å². The fourth-order valence-corrected chi connectivity index (χ4v) is 7.48. The lowest BCUT2D eigenvalue weighted by Gasteiger charge is -2.09. The quantitative estimate of drug-likeness (QED) is 0.0161. The molecular weight excluding hydrogens is 1790 g/mol. The van der Waals surface area contributed by atoms with Crippen LogP contribution in [0.3, 0.4) is 0 Å². The van der Waals surface area contributed by atoms with Crippen molar-refractivity contribution in [3.05, 3.63) is 136 Å². The van der Waals surface area contributed by atoms with Crippen LogP contribution >= 0.6 is 0 Å². The van der Waals surface area contributed by atoms with Crippen LogP contribution in [0.2, 0.25) is 0 Å². The van der Waals surface area contributed by atoms with Crippen molar-refractivity contribution in [2.75, 3.05) is 6.54 Å². The van der Waals surface area contributed by atoms with E-state index < -0.39 is 0 Å². The van der Waals surface area contributed by atoms with Crippen molar-refractivity contribution in [3.8, 4) is 0 Å². The van der Waals surface area contributed by atoms with Crippen LogP contribution in [0.25, 0.3) is 0 Å². The number of rotatable bonds is 23. The number of aliphatic hydroxyl groups is 1. The maximum Gasteiger partial charge on any atom is 0.254 e. The summed E-state index contributed by atoms with van der Waals surface area (Å²) in [6.07, 6.45) is 15.8. The number of hydrogen-bond donors (Lipinski definition) is 14. The van der Waals surface area contributed by atoms with Gasteiger partial charge in [0, 0.05) is 144 Å². The summed E-state index contributed by atoms with van der Waals surface area (Å²) in [5, 5.41) is 68.7. The first-order valence-electron chi connectivity index (χ1n) is 50.7. The Labute approximate surface area is 860 Å². The van der Waals surface area contributed by atoms with Crippen LogP contribution in [0, 0.1) is 76.9 Å². The van der Waals surface area contributed by atoms with Gasteiger partial charge in [0.25, 0.3) is 5.82 Å². The van der Waals surface area contributed by atoms with E-state index in [9.17, 15) is 28.8 Å². The van der Waals surface area contributed by atoms with E-state index in [4.69, 9.17) is 28.0 Å². The summed E-state index contributed by atoms with van der Waals surface area (Å²) >= 11 is 0. The molecule has 0 spiro atoms. The van der Waals surface area contributed by atoms with E-state index in [0.29, 0.717) is 101 Å². The van der Waals surface area contributed by atoms with E-state index >= 15 is 0 Å². The number of ketones is 1. The molecule has 0 saturated carbocycles. The molecule has 142 heavy (non-hydrogen) atoms. The highest BCUT2D eigenvalue weighted by atomic mass is 16.3. The van der Waals surface area contributed by atoms with Gasteiger partial charge in [-0.25, -0.2) is 15.0 Å². The Balaban J connectivity index is -0.000000163. The molecule has 36 nitrogen and oxygen atoms in total. The summed E-state index contributed by atoms with van der Waals surface area (Å²) in [6, 6.07) is 6.11. The Morgan fingerprint density at radius 1 is 0.472 bits per heavy atom. The first-order chi connectivity index (χ1) is 65.2. The zero-order valence-corrected chi connectivity index (χ0v) is 98.2. The Bertz CT molecular complexity index is 3890. The average molecular weight is 2000 g/mol. The van der Waals surface area contributed by atoms with Crippen LogP contribution < -0.4 is 49.4 Å². The minimum Gasteiger partial charge on any atom is -0.512 e. The Morgan fingerprint density at radius 2 is 0.852 bits per heavy atom. The number of Topliss-reactive ketones (excluding diaryl/α,β-unsaturated/α-hetero) is 1. The second-order valence-electron chi connectivity index (χ2n) is 41.7. The number of H-pyrrole nitrogens is 7.